The van der Waals surface area contributed by atoms with Crippen molar-refractivity contribution in [2.75, 3.05) is 17.2 Å². The van der Waals surface area contributed by atoms with Gasteiger partial charge in [0.1, 0.15) is 11.6 Å². The quantitative estimate of drug-likeness (QED) is 0.741. The van der Waals surface area contributed by atoms with Gasteiger partial charge in [-0.05, 0) is 32.6 Å². The third kappa shape index (κ3) is 1.80. The van der Waals surface area contributed by atoms with E-state index in [2.05, 4.69) is 28.7 Å². The van der Waals surface area contributed by atoms with E-state index in [4.69, 9.17) is 5.73 Å². The number of anilines is 2. The maximum Gasteiger partial charge on any atom is 0.171 e. The molecule has 2 rings (SSSR count). The van der Waals surface area contributed by atoms with Crippen LogP contribution < -0.4 is 10.6 Å². The van der Waals surface area contributed by atoms with Crippen LogP contribution in [0.2, 0.25) is 0 Å². The van der Waals surface area contributed by atoms with E-state index in [1.807, 2.05) is 6.92 Å². The van der Waals surface area contributed by atoms with E-state index in [1.54, 1.807) is 0 Å². The Morgan fingerprint density at radius 1 is 1.47 bits per heavy atom. The van der Waals surface area contributed by atoms with Crippen LogP contribution in [-0.4, -0.2) is 22.6 Å². The fourth-order valence-corrected chi connectivity index (χ4v) is 2.35. The number of hydrogen-bond donors (Lipinski definition) is 2. The lowest BCUT2D eigenvalue weighted by Gasteiger charge is -2.38. The molecular weight excluding hydrogens is 188 g/mol. The van der Waals surface area contributed by atoms with Crippen molar-refractivity contribution in [2.24, 2.45) is 5.92 Å². The number of hydrogen-bond acceptors (Lipinski definition) is 3. The summed E-state index contributed by atoms with van der Waals surface area (Å²) in [4.78, 5) is 9.86. The van der Waals surface area contributed by atoms with E-state index < -0.39 is 0 Å². The Bertz CT molecular complexity index is 344. The molecule has 0 bridgehead atoms. The smallest absolute Gasteiger partial charge is 0.171 e. The van der Waals surface area contributed by atoms with E-state index in [0.29, 0.717) is 11.9 Å². The molecule has 4 nitrogen and oxygen atoms in total. The number of nitrogens with two attached hydrogens (primary N) is 1. The molecule has 1 aliphatic heterocycles. The van der Waals surface area contributed by atoms with Crippen molar-refractivity contribution < 1.29 is 0 Å². The molecule has 15 heavy (non-hydrogen) atoms. The van der Waals surface area contributed by atoms with Crippen molar-refractivity contribution in [3.05, 3.63) is 5.82 Å². The highest BCUT2D eigenvalue weighted by Crippen LogP contribution is 2.30. The molecule has 0 amide bonds. The number of nitrogens with one attached hydrogen (secondary N) is 1. The Hall–Kier alpha value is -1.19. The van der Waals surface area contributed by atoms with Gasteiger partial charge in [-0.2, -0.15) is 0 Å². The minimum atomic E-state index is 0.531. The Morgan fingerprint density at radius 2 is 2.20 bits per heavy atom. The maximum atomic E-state index is 5.92. The highest BCUT2D eigenvalue weighted by Gasteiger charge is 2.27. The van der Waals surface area contributed by atoms with Gasteiger partial charge in [0.15, 0.2) is 5.82 Å². The zero-order chi connectivity index (χ0) is 11.0. The van der Waals surface area contributed by atoms with Crippen LogP contribution in [0.3, 0.4) is 0 Å². The van der Waals surface area contributed by atoms with Gasteiger partial charge in [0.05, 0.1) is 0 Å². The molecule has 1 saturated heterocycles. The van der Waals surface area contributed by atoms with E-state index in [9.17, 15) is 0 Å². The summed E-state index contributed by atoms with van der Waals surface area (Å²) in [7, 11) is 0. The summed E-state index contributed by atoms with van der Waals surface area (Å²) in [6, 6.07) is 0.531. The second-order valence-electron chi connectivity index (χ2n) is 4.61. The second kappa shape index (κ2) is 3.76. The van der Waals surface area contributed by atoms with Crippen molar-refractivity contribution in [1.29, 1.82) is 0 Å². The number of nitrogens with zero attached hydrogens (tertiary/aromatic N) is 2. The topological polar surface area (TPSA) is 57.9 Å². The lowest BCUT2D eigenvalue weighted by atomic mass is 9.92. The molecule has 1 aromatic rings. The monoisotopic (exact) mass is 208 g/mol. The lowest BCUT2D eigenvalue weighted by molar-refractivity contribution is 0.362. The van der Waals surface area contributed by atoms with Gasteiger partial charge in [-0.1, -0.05) is 6.92 Å². The van der Waals surface area contributed by atoms with E-state index in [1.165, 1.54) is 12.8 Å². The number of piperidine rings is 1. The van der Waals surface area contributed by atoms with E-state index in [0.717, 1.165) is 24.1 Å². The largest absolute Gasteiger partial charge is 0.382 e. The van der Waals surface area contributed by atoms with Gasteiger partial charge in [0.25, 0.3) is 0 Å². The normalized spacial score (nSPS) is 27.0. The number of aromatic nitrogens is 2. The van der Waals surface area contributed by atoms with Gasteiger partial charge in [-0.15, -0.1) is 0 Å². The van der Waals surface area contributed by atoms with Crippen LogP contribution in [0.15, 0.2) is 0 Å². The van der Waals surface area contributed by atoms with Gasteiger partial charge in [-0.3, -0.25) is 0 Å². The minimum Gasteiger partial charge on any atom is -0.382 e. The Balaban J connectivity index is 2.25. The van der Waals surface area contributed by atoms with E-state index in [-0.39, 0.29) is 0 Å². The molecule has 4 heteroatoms. The third-order valence-corrected chi connectivity index (χ3v) is 3.48. The van der Waals surface area contributed by atoms with Crippen molar-refractivity contribution >= 4 is 11.6 Å². The molecular formula is C11H20N4. The van der Waals surface area contributed by atoms with Gasteiger partial charge in [0.2, 0.25) is 0 Å². The molecule has 0 aliphatic carbocycles. The summed E-state index contributed by atoms with van der Waals surface area (Å²) < 4.78 is 0. The van der Waals surface area contributed by atoms with Gasteiger partial charge in [0, 0.05) is 12.6 Å². The summed E-state index contributed by atoms with van der Waals surface area (Å²) in [6.07, 6.45) is 2.54. The van der Waals surface area contributed by atoms with Crippen molar-refractivity contribution in [3.8, 4) is 0 Å². The average molecular weight is 208 g/mol. The summed E-state index contributed by atoms with van der Waals surface area (Å²) >= 11 is 0. The summed E-state index contributed by atoms with van der Waals surface area (Å²) in [5.41, 5.74) is 5.92. The number of H-pyrrole nitrogens is 1. The fourth-order valence-electron chi connectivity index (χ4n) is 2.35. The summed E-state index contributed by atoms with van der Waals surface area (Å²) in [6.45, 7) is 7.57. The van der Waals surface area contributed by atoms with Gasteiger partial charge < -0.3 is 15.6 Å². The molecule has 3 N–H and O–H groups in total. The molecule has 2 heterocycles. The Labute approximate surface area is 90.9 Å². The highest BCUT2D eigenvalue weighted by atomic mass is 15.3. The first kappa shape index (κ1) is 10.3. The molecule has 1 aliphatic rings. The molecule has 0 radical (unpaired) electrons. The van der Waals surface area contributed by atoms with Crippen molar-refractivity contribution in [2.45, 2.75) is 39.7 Å². The van der Waals surface area contributed by atoms with Crippen LogP contribution in [0.25, 0.3) is 0 Å². The first-order valence-electron chi connectivity index (χ1n) is 5.68. The number of nitrogen functional groups attached to an aromatic ring is 1. The minimum absolute atomic E-state index is 0.531. The SMILES string of the molecule is Cc1nc(N2CCCC(C)C2C)c(N)[nH]1. The molecule has 2 atom stereocenters. The molecule has 2 unspecified atom stereocenters. The van der Waals surface area contributed by atoms with E-state index >= 15 is 0 Å². The zero-order valence-electron chi connectivity index (χ0n) is 9.75. The predicted octanol–water partition coefficient (Wildman–Crippen LogP) is 1.93. The number of aromatic amines is 1. The fraction of sp³-hybridized carbons (Fsp3) is 0.727. The number of aryl methyl sites for hydroxylation is 1. The van der Waals surface area contributed by atoms with Crippen LogP contribution >= 0.6 is 0 Å². The van der Waals surface area contributed by atoms with Crippen LogP contribution in [0.1, 0.15) is 32.5 Å². The first-order chi connectivity index (χ1) is 7.09. The zero-order valence-corrected chi connectivity index (χ0v) is 9.75. The van der Waals surface area contributed by atoms with Crippen molar-refractivity contribution in [3.63, 3.8) is 0 Å². The average Bonchev–Trinajstić information content (AvgIpc) is 2.50. The number of rotatable bonds is 1. The van der Waals surface area contributed by atoms with Crippen LogP contribution in [-0.2, 0) is 0 Å². The molecule has 84 valence electrons. The molecule has 0 spiro atoms. The third-order valence-electron chi connectivity index (χ3n) is 3.48. The summed E-state index contributed by atoms with van der Waals surface area (Å²) in [5.74, 6) is 3.25. The molecule has 0 saturated carbocycles. The van der Waals surface area contributed by atoms with Gasteiger partial charge >= 0.3 is 0 Å². The van der Waals surface area contributed by atoms with Crippen LogP contribution in [0.4, 0.5) is 11.6 Å². The molecule has 0 aromatic carbocycles. The summed E-state index contributed by atoms with van der Waals surface area (Å²) in [5, 5.41) is 0. The van der Waals surface area contributed by atoms with Crippen LogP contribution in [0, 0.1) is 12.8 Å². The Kier molecular flexibility index (Phi) is 2.59. The highest BCUT2D eigenvalue weighted by molar-refractivity contribution is 5.59. The Morgan fingerprint density at radius 3 is 2.80 bits per heavy atom. The first-order valence-corrected chi connectivity index (χ1v) is 5.68. The second-order valence-corrected chi connectivity index (χ2v) is 4.61. The van der Waals surface area contributed by atoms with Gasteiger partial charge in [-0.25, -0.2) is 4.98 Å². The lowest BCUT2D eigenvalue weighted by Crippen LogP contribution is -2.43. The predicted molar refractivity (Wildman–Crippen MR) is 62.9 cm³/mol. The standard InChI is InChI=1S/C11H20N4/c1-7-5-4-6-15(8(7)2)11-10(12)13-9(3)14-11/h7-8H,4-6,12H2,1-3H3,(H,13,14). The maximum absolute atomic E-state index is 5.92. The molecule has 1 aromatic heterocycles. The number of imidazole rings is 1. The molecule has 1 fully saturated rings. The van der Waals surface area contributed by atoms with Crippen molar-refractivity contribution in [1.82, 2.24) is 9.97 Å². The van der Waals surface area contributed by atoms with Crippen LogP contribution in [0.5, 0.6) is 0 Å².